The minimum atomic E-state index is -0.989. The number of nitrogens with two attached hydrogens (primary N) is 1. The minimum Gasteiger partial charge on any atom is -0.475 e. The number of aliphatic hydroxyl groups is 1. The Balaban J connectivity index is 1.10. The van der Waals surface area contributed by atoms with Gasteiger partial charge in [0.2, 0.25) is 17.8 Å². The lowest BCUT2D eigenvalue weighted by molar-refractivity contribution is -0.141. The summed E-state index contributed by atoms with van der Waals surface area (Å²) < 4.78 is 16.0. The lowest BCUT2D eigenvalue weighted by Gasteiger charge is -2.33. The third kappa shape index (κ3) is 10.4. The number of esters is 1. The molecule has 4 atom stereocenters. The van der Waals surface area contributed by atoms with Crippen LogP contribution >= 0.6 is 11.3 Å². The van der Waals surface area contributed by atoms with Crippen molar-refractivity contribution in [2.24, 2.45) is 5.92 Å². The third-order valence-corrected chi connectivity index (χ3v) is 11.7. The van der Waals surface area contributed by atoms with Crippen LogP contribution < -0.4 is 26.0 Å². The molecule has 2 aliphatic rings. The maximum atomic E-state index is 13.7. The molecule has 308 valence electrons. The summed E-state index contributed by atoms with van der Waals surface area (Å²) in [6, 6.07) is 5.48. The standard InChI is InChI=1S/C39H54N10O7S/c1-23(2)32(36(52)44-21-25(50)10-11-31(51)54-5)28-19-30(47-56-28)55-18-8-16-48-15-7-17-49(24(3)22-48)38-43-14-12-27(45-38)34(41)46-37(53)39(4)13-6-9-29-33(39)26(20-40)35(42)57-29/h12,14,19,23-25,32,50H,6-11,13,15-18,21-22,42H2,1-5H3,(H,44,52)(H2,41,46,53)/t24-,25+,32?,39-/m0/s1. The Bertz CT molecular complexity index is 1940. The molecule has 3 aromatic heterocycles. The second kappa shape index (κ2) is 19.4. The average molecular weight is 807 g/mol. The molecule has 57 heavy (non-hydrogen) atoms. The van der Waals surface area contributed by atoms with E-state index in [1.807, 2.05) is 20.8 Å². The number of aliphatic hydroxyl groups excluding tert-OH is 1. The van der Waals surface area contributed by atoms with E-state index in [1.54, 1.807) is 18.3 Å². The minimum absolute atomic E-state index is 0.00695. The Morgan fingerprint density at radius 2 is 2.07 bits per heavy atom. The molecule has 0 bridgehead atoms. The number of aromatic nitrogens is 3. The number of nitrogen functional groups attached to an aromatic ring is 1. The van der Waals surface area contributed by atoms with Crippen LogP contribution in [0.25, 0.3) is 0 Å². The predicted molar refractivity (Wildman–Crippen MR) is 213 cm³/mol. The molecule has 18 heteroatoms. The molecular formula is C39H54N10O7S. The second-order valence-electron chi connectivity index (χ2n) is 15.2. The Morgan fingerprint density at radius 1 is 1.28 bits per heavy atom. The van der Waals surface area contributed by atoms with Crippen LogP contribution in [-0.2, 0) is 31.0 Å². The van der Waals surface area contributed by atoms with Gasteiger partial charge >= 0.3 is 5.97 Å². The van der Waals surface area contributed by atoms with Crippen LogP contribution in [0.5, 0.6) is 5.88 Å². The maximum Gasteiger partial charge on any atom is 0.305 e. The van der Waals surface area contributed by atoms with E-state index in [9.17, 15) is 24.8 Å². The van der Waals surface area contributed by atoms with E-state index in [-0.39, 0.29) is 54.9 Å². The van der Waals surface area contributed by atoms with Crippen LogP contribution in [0.4, 0.5) is 10.9 Å². The summed E-state index contributed by atoms with van der Waals surface area (Å²) in [6.07, 6.45) is 4.63. The van der Waals surface area contributed by atoms with Crippen molar-refractivity contribution in [1.29, 1.82) is 10.7 Å². The number of fused-ring (bicyclic) bond motifs is 1. The molecule has 2 amide bonds. The van der Waals surface area contributed by atoms with Gasteiger partial charge in [0.25, 0.3) is 5.88 Å². The number of ether oxygens (including phenoxy) is 2. The zero-order valence-electron chi connectivity index (χ0n) is 33.3. The van der Waals surface area contributed by atoms with Crippen molar-refractivity contribution >= 4 is 45.9 Å². The third-order valence-electron chi connectivity index (χ3n) is 10.6. The summed E-state index contributed by atoms with van der Waals surface area (Å²) >= 11 is 1.36. The molecule has 1 fully saturated rings. The molecule has 0 saturated carbocycles. The molecule has 1 aliphatic carbocycles. The number of nitrogens with zero attached hydrogens (tertiary/aromatic N) is 6. The van der Waals surface area contributed by atoms with Gasteiger partial charge in [0.05, 0.1) is 30.8 Å². The number of methoxy groups -OCH3 is 1. The van der Waals surface area contributed by atoms with Gasteiger partial charge in [-0.05, 0) is 76.1 Å². The van der Waals surface area contributed by atoms with Crippen LogP contribution in [0.1, 0.15) is 99.6 Å². The molecule has 0 aromatic carbocycles. The summed E-state index contributed by atoms with van der Waals surface area (Å²) in [5.74, 6) is -0.859. The Labute approximate surface area is 336 Å². The highest BCUT2D eigenvalue weighted by Gasteiger charge is 2.43. The number of amides is 2. The van der Waals surface area contributed by atoms with Gasteiger partial charge in [-0.15, -0.1) is 11.3 Å². The highest BCUT2D eigenvalue weighted by atomic mass is 32.1. The van der Waals surface area contributed by atoms with Gasteiger partial charge in [-0.3, -0.25) is 19.8 Å². The Kier molecular flexibility index (Phi) is 14.6. The van der Waals surface area contributed by atoms with Gasteiger partial charge in [0, 0.05) is 61.3 Å². The smallest absolute Gasteiger partial charge is 0.305 e. The van der Waals surface area contributed by atoms with E-state index >= 15 is 0 Å². The molecule has 4 heterocycles. The summed E-state index contributed by atoms with van der Waals surface area (Å²) in [7, 11) is 1.28. The molecule has 17 nitrogen and oxygen atoms in total. The van der Waals surface area contributed by atoms with Crippen molar-refractivity contribution in [3.05, 3.63) is 45.8 Å². The van der Waals surface area contributed by atoms with Gasteiger partial charge in [-0.1, -0.05) is 13.8 Å². The monoisotopic (exact) mass is 806 g/mol. The van der Waals surface area contributed by atoms with Crippen molar-refractivity contribution < 1.29 is 33.5 Å². The number of anilines is 2. The van der Waals surface area contributed by atoms with Crippen LogP contribution in [0.15, 0.2) is 22.9 Å². The molecule has 0 spiro atoms. The van der Waals surface area contributed by atoms with Crippen LogP contribution in [-0.4, -0.2) is 107 Å². The summed E-state index contributed by atoms with van der Waals surface area (Å²) in [4.78, 5) is 52.7. The predicted octanol–water partition coefficient (Wildman–Crippen LogP) is 3.26. The van der Waals surface area contributed by atoms with E-state index in [4.69, 9.17) is 25.4 Å². The zero-order valence-corrected chi connectivity index (χ0v) is 34.1. The van der Waals surface area contributed by atoms with Crippen LogP contribution in [0.3, 0.4) is 0 Å². The molecule has 1 unspecified atom stereocenters. The summed E-state index contributed by atoms with van der Waals surface area (Å²) in [5, 5.41) is 38.7. The molecule has 6 N–H and O–H groups in total. The van der Waals surface area contributed by atoms with Gasteiger partial charge in [0.15, 0.2) is 11.6 Å². The van der Waals surface area contributed by atoms with E-state index in [2.05, 4.69) is 48.3 Å². The molecular weight excluding hydrogens is 753 g/mol. The average Bonchev–Trinajstić information content (AvgIpc) is 3.73. The normalized spacial score (nSPS) is 19.5. The Hall–Kier alpha value is -5.12. The number of hydrogen-bond donors (Lipinski definition) is 5. The summed E-state index contributed by atoms with van der Waals surface area (Å²) in [5.41, 5.74) is 6.47. The lowest BCUT2D eigenvalue weighted by Crippen LogP contribution is -2.47. The highest BCUT2D eigenvalue weighted by Crippen LogP contribution is 2.45. The molecule has 5 rings (SSSR count). The number of nitriles is 1. The summed E-state index contributed by atoms with van der Waals surface area (Å²) in [6.45, 7) is 11.2. The van der Waals surface area contributed by atoms with Crippen molar-refractivity contribution in [3.8, 4) is 11.9 Å². The lowest BCUT2D eigenvalue weighted by atomic mass is 9.72. The zero-order chi connectivity index (χ0) is 41.3. The van der Waals surface area contributed by atoms with Crippen LogP contribution in [0.2, 0.25) is 0 Å². The number of amidine groups is 1. The van der Waals surface area contributed by atoms with E-state index in [0.717, 1.165) is 50.2 Å². The van der Waals surface area contributed by atoms with E-state index < -0.39 is 23.4 Å². The van der Waals surface area contributed by atoms with E-state index in [0.29, 0.717) is 53.1 Å². The van der Waals surface area contributed by atoms with Crippen molar-refractivity contribution in [3.63, 3.8) is 0 Å². The first kappa shape index (κ1) is 43.0. The highest BCUT2D eigenvalue weighted by molar-refractivity contribution is 7.16. The van der Waals surface area contributed by atoms with Crippen LogP contribution in [0, 0.1) is 22.7 Å². The largest absolute Gasteiger partial charge is 0.475 e. The number of thiophene rings is 1. The number of carbonyl (C=O) groups is 3. The molecule has 1 aliphatic heterocycles. The van der Waals surface area contributed by atoms with Crippen molar-refractivity contribution in [2.45, 2.75) is 96.1 Å². The molecule has 1 saturated heterocycles. The van der Waals surface area contributed by atoms with Gasteiger partial charge in [-0.25, -0.2) is 9.97 Å². The first-order valence-electron chi connectivity index (χ1n) is 19.4. The topological polar surface area (TPSA) is 246 Å². The van der Waals surface area contributed by atoms with Gasteiger partial charge < -0.3 is 45.3 Å². The molecule has 0 radical (unpaired) electrons. The maximum absolute atomic E-state index is 13.7. The van der Waals surface area contributed by atoms with Gasteiger partial charge in [0.1, 0.15) is 22.7 Å². The number of hydrogen-bond acceptors (Lipinski definition) is 16. The fourth-order valence-electron chi connectivity index (χ4n) is 7.54. The number of nitrogens with one attached hydrogen (secondary N) is 3. The Morgan fingerprint density at radius 3 is 2.81 bits per heavy atom. The number of aryl methyl sites for hydroxylation is 1. The van der Waals surface area contributed by atoms with Gasteiger partial charge in [-0.2, -0.15) is 5.26 Å². The quantitative estimate of drug-likeness (QED) is 0.0604. The fraction of sp³-hybridized carbons (Fsp3) is 0.590. The van der Waals surface area contributed by atoms with Crippen molar-refractivity contribution in [2.75, 3.05) is 57.1 Å². The van der Waals surface area contributed by atoms with E-state index in [1.165, 1.54) is 18.4 Å². The first-order chi connectivity index (χ1) is 27.2. The van der Waals surface area contributed by atoms with Crippen molar-refractivity contribution in [1.82, 2.24) is 30.7 Å². The number of carbonyl (C=O) groups excluding carboxylic acids is 3. The fourth-order valence-corrected chi connectivity index (χ4v) is 8.73. The first-order valence-corrected chi connectivity index (χ1v) is 20.2. The number of rotatable bonds is 16. The second-order valence-corrected chi connectivity index (χ2v) is 16.3. The SMILES string of the molecule is COC(=O)CC[C@@H](O)CNC(=O)C(c1cc(OCCCN2CCCN(c3nccc(C(=N)NC(=O)[C@@]4(C)CCCc5sc(N)c(C#N)c54)n3)[C@@H](C)C2)no1)C(C)C. The molecule has 3 aromatic rings.